The summed E-state index contributed by atoms with van der Waals surface area (Å²) < 4.78 is 15.3. The third-order valence-electron chi connectivity index (χ3n) is 3.06. The number of nitrogens with two attached hydrogens (primary N) is 1. The van der Waals surface area contributed by atoms with Crippen molar-refractivity contribution in [3.8, 4) is 0 Å². The Balaban J connectivity index is 1.99. The molecule has 0 fully saturated rings. The summed E-state index contributed by atoms with van der Waals surface area (Å²) in [6.07, 6.45) is 1.75. The first kappa shape index (κ1) is 11.5. The van der Waals surface area contributed by atoms with Crippen molar-refractivity contribution in [2.45, 2.75) is 0 Å². The van der Waals surface area contributed by atoms with E-state index in [-0.39, 0.29) is 5.69 Å². The molecule has 0 saturated heterocycles. The number of nitrogens with zero attached hydrogens (tertiary/aromatic N) is 2. The minimum atomic E-state index is -0.427. The van der Waals surface area contributed by atoms with E-state index in [0.717, 1.165) is 16.7 Å². The van der Waals surface area contributed by atoms with Gasteiger partial charge in [0, 0.05) is 12.7 Å². The number of hydrogen-bond donors (Lipinski definition) is 2. The number of fused-ring (bicyclic) bond motifs is 1. The van der Waals surface area contributed by atoms with Crippen LogP contribution in [0.25, 0.3) is 11.0 Å². The quantitative estimate of drug-likeness (QED) is 0.693. The van der Waals surface area contributed by atoms with Gasteiger partial charge in [0.15, 0.2) is 0 Å². The summed E-state index contributed by atoms with van der Waals surface area (Å²) in [5.74, 6) is -0.427. The topological polar surface area (TPSA) is 55.9 Å². The van der Waals surface area contributed by atoms with Crippen molar-refractivity contribution in [1.29, 1.82) is 0 Å². The molecule has 0 aliphatic carbocycles. The number of aryl methyl sites for hydroxylation is 1. The molecule has 0 bridgehead atoms. The molecule has 0 amide bonds. The normalized spacial score (nSPS) is 10.8. The van der Waals surface area contributed by atoms with E-state index in [4.69, 9.17) is 5.73 Å². The Morgan fingerprint density at radius 3 is 2.95 bits per heavy atom. The van der Waals surface area contributed by atoms with E-state index in [1.165, 1.54) is 6.07 Å². The molecule has 96 valence electrons. The lowest BCUT2D eigenvalue weighted by molar-refractivity contribution is 0.633. The Kier molecular flexibility index (Phi) is 2.59. The zero-order chi connectivity index (χ0) is 13.4. The Morgan fingerprint density at radius 1 is 1.26 bits per heavy atom. The van der Waals surface area contributed by atoms with Gasteiger partial charge in [-0.25, -0.2) is 9.37 Å². The molecule has 3 aromatic rings. The summed E-state index contributed by atoms with van der Waals surface area (Å²) in [5.41, 5.74) is 9.10. The molecule has 19 heavy (non-hydrogen) atoms. The summed E-state index contributed by atoms with van der Waals surface area (Å²) >= 11 is 0. The second-order valence-corrected chi connectivity index (χ2v) is 4.39. The summed E-state index contributed by atoms with van der Waals surface area (Å²) in [6, 6.07) is 10.5. The molecule has 0 unspecified atom stereocenters. The predicted molar refractivity (Wildman–Crippen MR) is 74.8 cm³/mol. The highest BCUT2D eigenvalue weighted by molar-refractivity contribution is 5.82. The van der Waals surface area contributed by atoms with Gasteiger partial charge in [-0.05, 0) is 30.3 Å². The molecule has 3 rings (SSSR count). The highest BCUT2D eigenvalue weighted by Gasteiger charge is 2.06. The minimum absolute atomic E-state index is 0.114. The molecule has 0 aliphatic heterocycles. The van der Waals surface area contributed by atoms with E-state index in [1.807, 2.05) is 29.8 Å². The lowest BCUT2D eigenvalue weighted by Crippen LogP contribution is -1.98. The SMILES string of the molecule is Cn1cnc2cc(Nc3cccc(F)c3N)ccc21. The van der Waals surface area contributed by atoms with Crippen LogP contribution in [0, 0.1) is 5.82 Å². The highest BCUT2D eigenvalue weighted by atomic mass is 19.1. The largest absolute Gasteiger partial charge is 0.395 e. The van der Waals surface area contributed by atoms with Crippen molar-refractivity contribution in [3.63, 3.8) is 0 Å². The Hall–Kier alpha value is -2.56. The standard InChI is InChI=1S/C14H13FN4/c1-19-8-17-12-7-9(5-6-13(12)19)18-11-4-2-3-10(15)14(11)16/h2-8,18H,16H2,1H3. The molecule has 3 N–H and O–H groups in total. The summed E-state index contributed by atoms with van der Waals surface area (Å²) in [6.45, 7) is 0. The smallest absolute Gasteiger partial charge is 0.148 e. The van der Waals surface area contributed by atoms with Gasteiger partial charge in [0.05, 0.1) is 28.7 Å². The molecular formula is C14H13FN4. The number of para-hydroxylation sites is 1. The average Bonchev–Trinajstić information content (AvgIpc) is 2.76. The summed E-state index contributed by atoms with van der Waals surface area (Å²) in [7, 11) is 1.94. The first-order valence-corrected chi connectivity index (χ1v) is 5.87. The zero-order valence-corrected chi connectivity index (χ0v) is 10.4. The van der Waals surface area contributed by atoms with Gasteiger partial charge < -0.3 is 15.6 Å². The number of rotatable bonds is 2. The van der Waals surface area contributed by atoms with Crippen LogP contribution >= 0.6 is 0 Å². The molecule has 0 atom stereocenters. The molecule has 2 aromatic carbocycles. The molecule has 0 aliphatic rings. The maximum absolute atomic E-state index is 13.4. The van der Waals surface area contributed by atoms with E-state index in [2.05, 4.69) is 10.3 Å². The predicted octanol–water partition coefficient (Wildman–Crippen LogP) is 3.04. The molecule has 0 saturated carbocycles. The second kappa shape index (κ2) is 4.28. The monoisotopic (exact) mass is 256 g/mol. The van der Waals surface area contributed by atoms with Crippen molar-refractivity contribution in [2.24, 2.45) is 7.05 Å². The number of aromatic nitrogens is 2. The number of nitrogen functional groups attached to an aromatic ring is 1. The van der Waals surface area contributed by atoms with Crippen molar-refractivity contribution < 1.29 is 4.39 Å². The molecule has 4 nitrogen and oxygen atoms in total. The molecule has 0 radical (unpaired) electrons. The van der Waals surface area contributed by atoms with Crippen molar-refractivity contribution >= 4 is 28.1 Å². The maximum atomic E-state index is 13.4. The molecule has 1 aromatic heterocycles. The Labute approximate surface area is 109 Å². The van der Waals surface area contributed by atoms with Gasteiger partial charge in [-0.15, -0.1) is 0 Å². The van der Waals surface area contributed by atoms with E-state index >= 15 is 0 Å². The van der Waals surface area contributed by atoms with E-state index < -0.39 is 5.82 Å². The molecule has 0 spiro atoms. The number of imidazole rings is 1. The highest BCUT2D eigenvalue weighted by Crippen LogP contribution is 2.26. The van der Waals surface area contributed by atoms with Gasteiger partial charge in [-0.3, -0.25) is 0 Å². The number of halogens is 1. The van der Waals surface area contributed by atoms with Crippen LogP contribution in [0.2, 0.25) is 0 Å². The molecule has 1 heterocycles. The van der Waals surface area contributed by atoms with Crippen LogP contribution < -0.4 is 11.1 Å². The zero-order valence-electron chi connectivity index (χ0n) is 10.4. The van der Waals surface area contributed by atoms with Gasteiger partial charge in [-0.1, -0.05) is 6.07 Å². The fourth-order valence-corrected chi connectivity index (χ4v) is 2.02. The first-order chi connectivity index (χ1) is 9.15. The van der Waals surface area contributed by atoms with Crippen molar-refractivity contribution in [3.05, 3.63) is 48.5 Å². The van der Waals surface area contributed by atoms with Crippen LogP contribution in [0.1, 0.15) is 0 Å². The van der Waals surface area contributed by atoms with Gasteiger partial charge in [0.2, 0.25) is 0 Å². The van der Waals surface area contributed by atoms with Gasteiger partial charge in [0.1, 0.15) is 5.82 Å². The lowest BCUT2D eigenvalue weighted by atomic mass is 10.2. The average molecular weight is 256 g/mol. The van der Waals surface area contributed by atoms with Gasteiger partial charge >= 0.3 is 0 Å². The maximum Gasteiger partial charge on any atom is 0.148 e. The number of benzene rings is 2. The van der Waals surface area contributed by atoms with E-state index in [9.17, 15) is 4.39 Å². The van der Waals surface area contributed by atoms with E-state index in [0.29, 0.717) is 5.69 Å². The third kappa shape index (κ3) is 1.99. The van der Waals surface area contributed by atoms with Gasteiger partial charge in [0.25, 0.3) is 0 Å². The first-order valence-electron chi connectivity index (χ1n) is 5.87. The Morgan fingerprint density at radius 2 is 2.11 bits per heavy atom. The van der Waals surface area contributed by atoms with Crippen LogP contribution in [0.4, 0.5) is 21.5 Å². The number of nitrogens with one attached hydrogen (secondary N) is 1. The lowest BCUT2D eigenvalue weighted by Gasteiger charge is -2.09. The summed E-state index contributed by atoms with van der Waals surface area (Å²) in [4.78, 5) is 4.28. The van der Waals surface area contributed by atoms with Crippen LogP contribution in [0.5, 0.6) is 0 Å². The third-order valence-corrected chi connectivity index (χ3v) is 3.06. The fourth-order valence-electron chi connectivity index (χ4n) is 2.02. The number of anilines is 3. The Bertz CT molecular complexity index is 748. The fraction of sp³-hybridized carbons (Fsp3) is 0.0714. The molecule has 5 heteroatoms. The van der Waals surface area contributed by atoms with Crippen LogP contribution in [-0.2, 0) is 7.05 Å². The van der Waals surface area contributed by atoms with Crippen LogP contribution in [-0.4, -0.2) is 9.55 Å². The summed E-state index contributed by atoms with van der Waals surface area (Å²) in [5, 5.41) is 3.10. The van der Waals surface area contributed by atoms with E-state index in [1.54, 1.807) is 18.5 Å². The van der Waals surface area contributed by atoms with Crippen molar-refractivity contribution in [2.75, 3.05) is 11.1 Å². The number of hydrogen-bond acceptors (Lipinski definition) is 3. The van der Waals surface area contributed by atoms with Gasteiger partial charge in [-0.2, -0.15) is 0 Å². The van der Waals surface area contributed by atoms with Crippen LogP contribution in [0.3, 0.4) is 0 Å². The van der Waals surface area contributed by atoms with Crippen molar-refractivity contribution in [1.82, 2.24) is 9.55 Å². The minimum Gasteiger partial charge on any atom is -0.395 e. The molecular weight excluding hydrogens is 243 g/mol. The van der Waals surface area contributed by atoms with Crippen LogP contribution in [0.15, 0.2) is 42.7 Å². The second-order valence-electron chi connectivity index (χ2n) is 4.39.